The fourth-order valence-electron chi connectivity index (χ4n) is 1.71. The largest absolute Gasteiger partial charge is 0.481 e. The maximum atomic E-state index is 5.22. The number of hydrogen-bond acceptors (Lipinski definition) is 3. The van der Waals surface area contributed by atoms with Gasteiger partial charge in [0.05, 0.1) is 7.11 Å². The Morgan fingerprint density at radius 3 is 2.94 bits per heavy atom. The number of benzene rings is 1. The highest BCUT2D eigenvalue weighted by molar-refractivity contribution is 9.10. The summed E-state index contributed by atoms with van der Waals surface area (Å²) in [6, 6.07) is 10.1. The minimum absolute atomic E-state index is 0.661. The van der Waals surface area contributed by atoms with Crippen LogP contribution in [0.15, 0.2) is 41.0 Å². The highest BCUT2D eigenvalue weighted by atomic mass is 79.9. The molecule has 0 unspecified atom stereocenters. The summed E-state index contributed by atoms with van der Waals surface area (Å²) in [6.07, 6.45) is 1.73. The molecule has 3 nitrogen and oxygen atoms in total. The Morgan fingerprint density at radius 1 is 1.33 bits per heavy atom. The highest BCUT2D eigenvalue weighted by Crippen LogP contribution is 2.24. The molecule has 0 aliphatic heterocycles. The van der Waals surface area contributed by atoms with Gasteiger partial charge in [-0.1, -0.05) is 12.1 Å². The number of methoxy groups -OCH3 is 1. The summed E-state index contributed by atoms with van der Waals surface area (Å²) in [5, 5.41) is 3.38. The third-order valence-corrected chi connectivity index (χ3v) is 3.33. The summed E-state index contributed by atoms with van der Waals surface area (Å²) in [4.78, 5) is 4.18. The predicted molar refractivity (Wildman–Crippen MR) is 77.0 cm³/mol. The van der Waals surface area contributed by atoms with Crippen molar-refractivity contribution < 1.29 is 4.74 Å². The SMILES string of the molecule is COc1ncccc1CNc1cc(C)ccc1Br. The van der Waals surface area contributed by atoms with Crippen LogP contribution >= 0.6 is 15.9 Å². The van der Waals surface area contributed by atoms with Crippen LogP contribution in [0.4, 0.5) is 5.69 Å². The van der Waals surface area contributed by atoms with Gasteiger partial charge in [-0.3, -0.25) is 0 Å². The monoisotopic (exact) mass is 306 g/mol. The Balaban J connectivity index is 2.14. The standard InChI is InChI=1S/C14H15BrN2O/c1-10-5-6-12(15)13(8-10)17-9-11-4-3-7-16-14(11)18-2/h3-8,17H,9H2,1-2H3. The van der Waals surface area contributed by atoms with Gasteiger partial charge in [-0.15, -0.1) is 0 Å². The molecule has 4 heteroatoms. The zero-order chi connectivity index (χ0) is 13.0. The number of hydrogen-bond donors (Lipinski definition) is 1. The summed E-state index contributed by atoms with van der Waals surface area (Å²) in [5.74, 6) is 0.661. The van der Waals surface area contributed by atoms with E-state index in [1.54, 1.807) is 13.3 Å². The molecule has 2 aromatic rings. The molecule has 94 valence electrons. The Labute approximate surface area is 115 Å². The Hall–Kier alpha value is -1.55. The molecule has 0 radical (unpaired) electrons. The number of ether oxygens (including phenoxy) is 1. The van der Waals surface area contributed by atoms with Crippen molar-refractivity contribution >= 4 is 21.6 Å². The van der Waals surface area contributed by atoms with Crippen LogP contribution in [0.5, 0.6) is 5.88 Å². The highest BCUT2D eigenvalue weighted by Gasteiger charge is 2.04. The lowest BCUT2D eigenvalue weighted by molar-refractivity contribution is 0.393. The molecule has 1 aromatic carbocycles. The van der Waals surface area contributed by atoms with Gasteiger partial charge in [0.1, 0.15) is 0 Å². The number of nitrogens with one attached hydrogen (secondary N) is 1. The van der Waals surface area contributed by atoms with E-state index in [1.807, 2.05) is 18.2 Å². The molecule has 0 aliphatic carbocycles. The van der Waals surface area contributed by atoms with Crippen LogP contribution in [0.25, 0.3) is 0 Å². The van der Waals surface area contributed by atoms with Crippen molar-refractivity contribution in [3.63, 3.8) is 0 Å². The van der Waals surface area contributed by atoms with E-state index in [1.165, 1.54) is 5.56 Å². The zero-order valence-electron chi connectivity index (χ0n) is 10.4. The van der Waals surface area contributed by atoms with Gasteiger partial charge in [0.25, 0.3) is 0 Å². The molecule has 1 N–H and O–H groups in total. The van der Waals surface area contributed by atoms with Gasteiger partial charge in [-0.2, -0.15) is 0 Å². The maximum absolute atomic E-state index is 5.22. The maximum Gasteiger partial charge on any atom is 0.218 e. The van der Waals surface area contributed by atoms with E-state index < -0.39 is 0 Å². The molecule has 0 spiro atoms. The molecule has 0 saturated heterocycles. The Morgan fingerprint density at radius 2 is 2.17 bits per heavy atom. The minimum Gasteiger partial charge on any atom is -0.481 e. The van der Waals surface area contributed by atoms with E-state index in [2.05, 4.69) is 45.3 Å². The molecule has 0 bridgehead atoms. The molecule has 0 amide bonds. The fourth-order valence-corrected chi connectivity index (χ4v) is 2.09. The smallest absolute Gasteiger partial charge is 0.218 e. The van der Waals surface area contributed by atoms with Crippen LogP contribution in [0.1, 0.15) is 11.1 Å². The van der Waals surface area contributed by atoms with E-state index in [0.29, 0.717) is 12.4 Å². The van der Waals surface area contributed by atoms with Crippen molar-refractivity contribution in [3.05, 3.63) is 52.1 Å². The Kier molecular flexibility index (Phi) is 4.20. The molecule has 0 atom stereocenters. The van der Waals surface area contributed by atoms with Crippen molar-refractivity contribution in [2.75, 3.05) is 12.4 Å². The van der Waals surface area contributed by atoms with Crippen LogP contribution in [0, 0.1) is 6.92 Å². The number of pyridine rings is 1. The van der Waals surface area contributed by atoms with Gasteiger partial charge in [0, 0.05) is 28.5 Å². The first-order chi connectivity index (χ1) is 8.70. The lowest BCUT2D eigenvalue weighted by atomic mass is 10.2. The molecule has 2 rings (SSSR count). The zero-order valence-corrected chi connectivity index (χ0v) is 12.0. The van der Waals surface area contributed by atoms with Gasteiger partial charge in [0.2, 0.25) is 5.88 Å². The average molecular weight is 307 g/mol. The number of nitrogens with zero attached hydrogens (tertiary/aromatic N) is 1. The van der Waals surface area contributed by atoms with Crippen molar-refractivity contribution in [2.24, 2.45) is 0 Å². The van der Waals surface area contributed by atoms with Crippen LogP contribution in [-0.4, -0.2) is 12.1 Å². The molecular weight excluding hydrogens is 292 g/mol. The summed E-state index contributed by atoms with van der Waals surface area (Å²) >= 11 is 3.53. The number of rotatable bonds is 4. The lowest BCUT2D eigenvalue weighted by Crippen LogP contribution is -2.03. The summed E-state index contributed by atoms with van der Waals surface area (Å²) in [5.41, 5.74) is 3.33. The third kappa shape index (κ3) is 3.01. The quantitative estimate of drug-likeness (QED) is 0.933. The van der Waals surface area contributed by atoms with E-state index in [9.17, 15) is 0 Å². The van der Waals surface area contributed by atoms with E-state index >= 15 is 0 Å². The summed E-state index contributed by atoms with van der Waals surface area (Å²) in [7, 11) is 1.63. The fraction of sp³-hybridized carbons (Fsp3) is 0.214. The molecular formula is C14H15BrN2O. The first-order valence-corrected chi connectivity index (χ1v) is 6.48. The molecule has 1 heterocycles. The van der Waals surface area contributed by atoms with E-state index in [4.69, 9.17) is 4.74 Å². The van der Waals surface area contributed by atoms with Crippen LogP contribution < -0.4 is 10.1 Å². The van der Waals surface area contributed by atoms with Crippen LogP contribution in [0.3, 0.4) is 0 Å². The van der Waals surface area contributed by atoms with Crippen molar-refractivity contribution in [1.29, 1.82) is 0 Å². The van der Waals surface area contributed by atoms with Gasteiger partial charge in [0.15, 0.2) is 0 Å². The lowest BCUT2D eigenvalue weighted by Gasteiger charge is -2.11. The molecule has 18 heavy (non-hydrogen) atoms. The average Bonchev–Trinajstić information content (AvgIpc) is 2.40. The van der Waals surface area contributed by atoms with Gasteiger partial charge in [-0.25, -0.2) is 4.98 Å². The van der Waals surface area contributed by atoms with Gasteiger partial charge < -0.3 is 10.1 Å². The first-order valence-electron chi connectivity index (χ1n) is 5.68. The van der Waals surface area contributed by atoms with Gasteiger partial charge >= 0.3 is 0 Å². The predicted octanol–water partition coefficient (Wildman–Crippen LogP) is 3.77. The summed E-state index contributed by atoms with van der Waals surface area (Å²) < 4.78 is 6.28. The first kappa shape index (κ1) is 12.9. The second kappa shape index (κ2) is 5.87. The number of halogens is 1. The molecule has 0 aliphatic rings. The van der Waals surface area contributed by atoms with E-state index in [0.717, 1.165) is 15.7 Å². The molecule has 0 saturated carbocycles. The molecule has 0 fully saturated rings. The van der Waals surface area contributed by atoms with Crippen LogP contribution in [0.2, 0.25) is 0 Å². The van der Waals surface area contributed by atoms with Gasteiger partial charge in [-0.05, 0) is 46.6 Å². The number of aryl methyl sites for hydroxylation is 1. The van der Waals surface area contributed by atoms with Crippen LogP contribution in [-0.2, 0) is 6.54 Å². The van der Waals surface area contributed by atoms with Crippen molar-refractivity contribution in [1.82, 2.24) is 4.98 Å². The van der Waals surface area contributed by atoms with E-state index in [-0.39, 0.29) is 0 Å². The number of aromatic nitrogens is 1. The van der Waals surface area contributed by atoms with Crippen molar-refractivity contribution in [3.8, 4) is 5.88 Å². The third-order valence-electron chi connectivity index (χ3n) is 2.63. The minimum atomic E-state index is 0.661. The Bertz CT molecular complexity index is 543. The second-order valence-corrected chi connectivity index (χ2v) is 4.86. The molecule has 1 aromatic heterocycles. The second-order valence-electron chi connectivity index (χ2n) is 4.01. The topological polar surface area (TPSA) is 34.1 Å². The normalized spacial score (nSPS) is 10.2. The number of anilines is 1. The van der Waals surface area contributed by atoms with Crippen molar-refractivity contribution in [2.45, 2.75) is 13.5 Å². The summed E-state index contributed by atoms with van der Waals surface area (Å²) in [6.45, 7) is 2.75.